The molecule has 1 fully saturated rings. The van der Waals surface area contributed by atoms with E-state index in [2.05, 4.69) is 26.2 Å². The third-order valence-electron chi connectivity index (χ3n) is 2.95. The van der Waals surface area contributed by atoms with Crippen molar-refractivity contribution in [1.29, 1.82) is 0 Å². The van der Waals surface area contributed by atoms with E-state index in [0.29, 0.717) is 29.0 Å². The van der Waals surface area contributed by atoms with Crippen molar-refractivity contribution >= 4 is 33.3 Å². The number of carbonyl (C=O) groups excluding carboxylic acids is 1. The zero-order chi connectivity index (χ0) is 13.1. The fourth-order valence-electron chi connectivity index (χ4n) is 2.04. The highest BCUT2D eigenvalue weighted by molar-refractivity contribution is 9.10. The summed E-state index contributed by atoms with van der Waals surface area (Å²) in [6.07, 6.45) is 0.370. The van der Waals surface area contributed by atoms with Crippen LogP contribution in [0, 0.1) is 0 Å². The van der Waals surface area contributed by atoms with Gasteiger partial charge in [0.25, 0.3) is 0 Å². The Morgan fingerprint density at radius 3 is 3.00 bits per heavy atom. The molecule has 1 aliphatic rings. The van der Waals surface area contributed by atoms with Crippen molar-refractivity contribution in [3.8, 4) is 0 Å². The molecule has 1 aromatic heterocycles. The molecule has 2 heterocycles. The van der Waals surface area contributed by atoms with E-state index >= 15 is 0 Å². The maximum Gasteiger partial charge on any atom is 0.150 e. The second kappa shape index (κ2) is 6.08. The van der Waals surface area contributed by atoms with Crippen LogP contribution in [-0.4, -0.2) is 29.5 Å². The van der Waals surface area contributed by atoms with Crippen LogP contribution >= 0.6 is 27.5 Å². The van der Waals surface area contributed by atoms with E-state index in [9.17, 15) is 9.18 Å². The van der Waals surface area contributed by atoms with Gasteiger partial charge in [-0.1, -0.05) is 11.6 Å². The van der Waals surface area contributed by atoms with Gasteiger partial charge in [0.05, 0.1) is 6.04 Å². The molecule has 1 saturated heterocycles. The molecular formula is C12H13BrClFN2O. The van der Waals surface area contributed by atoms with Crippen LogP contribution in [0.15, 0.2) is 16.7 Å². The lowest BCUT2D eigenvalue weighted by molar-refractivity contribution is -0.120. The van der Waals surface area contributed by atoms with Crippen molar-refractivity contribution in [2.24, 2.45) is 0 Å². The molecule has 0 bridgehead atoms. The number of aromatic nitrogens is 1. The number of Topliss-reactive ketones (excluding diaryl/α,β-unsaturated/α-hetero) is 1. The minimum atomic E-state index is -0.900. The van der Waals surface area contributed by atoms with Gasteiger partial charge in [-0.2, -0.15) is 0 Å². The van der Waals surface area contributed by atoms with Crippen molar-refractivity contribution in [3.63, 3.8) is 0 Å². The van der Waals surface area contributed by atoms with E-state index in [1.54, 1.807) is 6.07 Å². The Morgan fingerprint density at radius 2 is 2.39 bits per heavy atom. The topological polar surface area (TPSA) is 42.0 Å². The largest absolute Gasteiger partial charge is 0.304 e. The first-order valence-electron chi connectivity index (χ1n) is 5.76. The number of pyridine rings is 1. The van der Waals surface area contributed by atoms with E-state index < -0.39 is 6.17 Å². The van der Waals surface area contributed by atoms with Crippen LogP contribution in [0.25, 0.3) is 0 Å². The van der Waals surface area contributed by atoms with Gasteiger partial charge in [0.15, 0.2) is 0 Å². The van der Waals surface area contributed by atoms with Crippen LogP contribution in [0.5, 0.6) is 0 Å². The summed E-state index contributed by atoms with van der Waals surface area (Å²) in [4.78, 5) is 15.8. The molecule has 0 radical (unpaired) electrons. The lowest BCUT2D eigenvalue weighted by Crippen LogP contribution is -2.30. The Hall–Kier alpha value is -0.520. The van der Waals surface area contributed by atoms with E-state index in [1.165, 1.54) is 0 Å². The maximum absolute atomic E-state index is 13.0. The first kappa shape index (κ1) is 13.9. The Bertz CT molecular complexity index is 437. The van der Waals surface area contributed by atoms with Gasteiger partial charge in [-0.25, -0.2) is 9.37 Å². The van der Waals surface area contributed by atoms with Crippen molar-refractivity contribution in [2.45, 2.75) is 31.5 Å². The Morgan fingerprint density at radius 1 is 1.61 bits per heavy atom. The van der Waals surface area contributed by atoms with Gasteiger partial charge in [-0.05, 0) is 40.0 Å². The third kappa shape index (κ3) is 3.73. The Balaban J connectivity index is 1.89. The standard InChI is InChI=1S/C12H13BrClFN2O/c13-11-3-7(4-12(14)17-11)1-2-10(18)9-5-8(15)6-16-9/h3-4,8-9,16H,1-2,5-6H2/t8-,9+/m1/s1. The van der Waals surface area contributed by atoms with Crippen LogP contribution in [0.2, 0.25) is 5.15 Å². The minimum Gasteiger partial charge on any atom is -0.304 e. The van der Waals surface area contributed by atoms with E-state index in [4.69, 9.17) is 11.6 Å². The number of aryl methyl sites for hydroxylation is 1. The molecule has 0 spiro atoms. The van der Waals surface area contributed by atoms with E-state index in [-0.39, 0.29) is 18.4 Å². The molecule has 2 atom stereocenters. The zero-order valence-electron chi connectivity index (χ0n) is 9.63. The fraction of sp³-hybridized carbons (Fsp3) is 0.500. The smallest absolute Gasteiger partial charge is 0.150 e. The van der Waals surface area contributed by atoms with Crippen LogP contribution < -0.4 is 5.32 Å². The summed E-state index contributed by atoms with van der Waals surface area (Å²) in [6.45, 7) is 0.281. The highest BCUT2D eigenvalue weighted by Crippen LogP contribution is 2.18. The maximum atomic E-state index is 13.0. The molecule has 0 unspecified atom stereocenters. The average Bonchev–Trinajstić information content (AvgIpc) is 2.71. The van der Waals surface area contributed by atoms with Gasteiger partial charge in [0.2, 0.25) is 0 Å². The molecule has 1 aliphatic heterocycles. The van der Waals surface area contributed by atoms with Crippen LogP contribution in [-0.2, 0) is 11.2 Å². The first-order valence-corrected chi connectivity index (χ1v) is 6.94. The Labute approximate surface area is 118 Å². The molecule has 0 aromatic carbocycles. The average molecular weight is 336 g/mol. The molecular weight excluding hydrogens is 322 g/mol. The number of nitrogens with one attached hydrogen (secondary N) is 1. The lowest BCUT2D eigenvalue weighted by atomic mass is 10.0. The second-order valence-electron chi connectivity index (χ2n) is 4.38. The molecule has 0 saturated carbocycles. The number of alkyl halides is 1. The van der Waals surface area contributed by atoms with Gasteiger partial charge >= 0.3 is 0 Å². The van der Waals surface area contributed by atoms with Gasteiger partial charge in [0, 0.05) is 19.4 Å². The minimum absolute atomic E-state index is 0.0548. The molecule has 2 rings (SSSR count). The number of carbonyl (C=O) groups is 1. The number of hydrogen-bond acceptors (Lipinski definition) is 3. The molecule has 0 amide bonds. The molecule has 0 aliphatic carbocycles. The number of halogens is 3. The molecule has 1 N–H and O–H groups in total. The zero-order valence-corrected chi connectivity index (χ0v) is 12.0. The van der Waals surface area contributed by atoms with Crippen LogP contribution in [0.3, 0.4) is 0 Å². The van der Waals surface area contributed by atoms with Crippen LogP contribution in [0.4, 0.5) is 4.39 Å². The predicted molar refractivity (Wildman–Crippen MR) is 71.6 cm³/mol. The summed E-state index contributed by atoms with van der Waals surface area (Å²) in [5.74, 6) is 0.0548. The van der Waals surface area contributed by atoms with Gasteiger partial charge in [0.1, 0.15) is 21.7 Å². The Kier molecular flexibility index (Phi) is 4.70. The van der Waals surface area contributed by atoms with Crippen molar-refractivity contribution in [1.82, 2.24) is 10.3 Å². The van der Waals surface area contributed by atoms with Crippen molar-refractivity contribution < 1.29 is 9.18 Å². The predicted octanol–water partition coefficient (Wildman–Crippen LogP) is 2.70. The van der Waals surface area contributed by atoms with E-state index in [1.807, 2.05) is 6.07 Å². The highest BCUT2D eigenvalue weighted by atomic mass is 79.9. The van der Waals surface area contributed by atoms with Crippen LogP contribution in [0.1, 0.15) is 18.4 Å². The summed E-state index contributed by atoms with van der Waals surface area (Å²) in [6, 6.07) is 3.24. The van der Waals surface area contributed by atoms with E-state index in [0.717, 1.165) is 5.56 Å². The van der Waals surface area contributed by atoms with Crippen molar-refractivity contribution in [3.05, 3.63) is 27.5 Å². The third-order valence-corrected chi connectivity index (χ3v) is 3.55. The second-order valence-corrected chi connectivity index (χ2v) is 5.58. The number of hydrogen-bond donors (Lipinski definition) is 1. The monoisotopic (exact) mass is 334 g/mol. The summed E-state index contributed by atoms with van der Waals surface area (Å²) in [7, 11) is 0. The number of ketones is 1. The number of rotatable bonds is 4. The first-order chi connectivity index (χ1) is 8.54. The molecule has 18 heavy (non-hydrogen) atoms. The summed E-state index contributed by atoms with van der Waals surface area (Å²) < 4.78 is 13.6. The highest BCUT2D eigenvalue weighted by Gasteiger charge is 2.28. The molecule has 3 nitrogen and oxygen atoms in total. The number of nitrogens with zero attached hydrogens (tertiary/aromatic N) is 1. The van der Waals surface area contributed by atoms with Gasteiger partial charge < -0.3 is 5.32 Å². The summed E-state index contributed by atoms with van der Waals surface area (Å²) >= 11 is 9.08. The molecule has 98 valence electrons. The molecule has 6 heteroatoms. The van der Waals surface area contributed by atoms with Gasteiger partial charge in [-0.3, -0.25) is 4.79 Å². The fourth-order valence-corrected chi connectivity index (χ4v) is 2.86. The SMILES string of the molecule is O=C(CCc1cc(Cl)nc(Br)c1)[C@@H]1C[C@@H](F)CN1. The summed E-state index contributed by atoms with van der Waals surface area (Å²) in [5.41, 5.74) is 0.949. The van der Waals surface area contributed by atoms with Gasteiger partial charge in [-0.15, -0.1) is 0 Å². The molecule has 1 aromatic rings. The summed E-state index contributed by atoms with van der Waals surface area (Å²) in [5, 5.41) is 3.29. The normalized spacial score (nSPS) is 23.3. The lowest BCUT2D eigenvalue weighted by Gasteiger charge is -2.08. The van der Waals surface area contributed by atoms with Crippen molar-refractivity contribution in [2.75, 3.05) is 6.54 Å². The quantitative estimate of drug-likeness (QED) is 0.860.